The first kappa shape index (κ1) is 36.6. The van der Waals surface area contributed by atoms with Crippen LogP contribution in [0.1, 0.15) is 0 Å². The summed E-state index contributed by atoms with van der Waals surface area (Å²) in [7, 11) is 0. The van der Waals surface area contributed by atoms with Crippen LogP contribution < -0.4 is 4.90 Å². The van der Waals surface area contributed by atoms with Gasteiger partial charge in [0.1, 0.15) is 0 Å². The van der Waals surface area contributed by atoms with Crippen LogP contribution in [0.5, 0.6) is 0 Å². The zero-order valence-corrected chi connectivity index (χ0v) is 35.7. The fourth-order valence-corrected chi connectivity index (χ4v) is 11.4. The molecular formula is C62H39NS. The van der Waals surface area contributed by atoms with Gasteiger partial charge in [-0.3, -0.25) is 0 Å². The largest absolute Gasteiger partial charge is 0.310 e. The van der Waals surface area contributed by atoms with E-state index in [-0.39, 0.29) is 0 Å². The minimum Gasteiger partial charge on any atom is -0.310 e. The number of nitrogens with zero attached hydrogens (tertiary/aromatic N) is 1. The lowest BCUT2D eigenvalue weighted by Crippen LogP contribution is -2.10. The van der Waals surface area contributed by atoms with Crippen LogP contribution in [-0.2, 0) is 0 Å². The third kappa shape index (κ3) is 5.91. The van der Waals surface area contributed by atoms with Crippen LogP contribution in [0.3, 0.4) is 0 Å². The van der Waals surface area contributed by atoms with Gasteiger partial charge >= 0.3 is 0 Å². The molecule has 0 fully saturated rings. The van der Waals surface area contributed by atoms with E-state index in [1.807, 2.05) is 11.3 Å². The number of hydrogen-bond donors (Lipinski definition) is 0. The van der Waals surface area contributed by atoms with Crippen molar-refractivity contribution in [1.29, 1.82) is 0 Å². The summed E-state index contributed by atoms with van der Waals surface area (Å²) in [4.78, 5) is 2.47. The summed E-state index contributed by atoms with van der Waals surface area (Å²) in [5, 5.41) is 15.2. The van der Waals surface area contributed by atoms with E-state index in [1.165, 1.54) is 107 Å². The Balaban J connectivity index is 1.00. The summed E-state index contributed by atoms with van der Waals surface area (Å²) in [5.74, 6) is 0. The molecule has 0 aliphatic carbocycles. The maximum atomic E-state index is 2.47. The summed E-state index contributed by atoms with van der Waals surface area (Å²) >= 11 is 1.89. The SMILES string of the molecule is c1cc(-c2ccc(-c3cccc4ccccc34)cc2)cc(N(c2ccc3sc4c5ccccc5ccc4c3c2)c2ccc(-c3cc4ccccc4c4ccccc34)c3ccccc23)c1. The van der Waals surface area contributed by atoms with Gasteiger partial charge in [0.2, 0.25) is 0 Å². The van der Waals surface area contributed by atoms with Crippen molar-refractivity contribution in [2.24, 2.45) is 0 Å². The van der Waals surface area contributed by atoms with Gasteiger partial charge in [-0.25, -0.2) is 0 Å². The highest BCUT2D eigenvalue weighted by Crippen LogP contribution is 2.47. The number of rotatable bonds is 6. The molecule has 0 spiro atoms. The summed E-state index contributed by atoms with van der Waals surface area (Å²) in [5.41, 5.74) is 10.7. The molecule has 12 aromatic carbocycles. The van der Waals surface area contributed by atoms with Crippen LogP contribution in [0.15, 0.2) is 237 Å². The van der Waals surface area contributed by atoms with Crippen molar-refractivity contribution in [3.63, 3.8) is 0 Å². The van der Waals surface area contributed by atoms with E-state index in [2.05, 4.69) is 241 Å². The standard InChI is InChI=1S/C62H39NS/c1-4-19-48-41(13-1)16-12-26-49(48)43-29-27-40(28-30-43)44-17-11-18-46(37-44)63(47-32-36-61-59(39-47)57-33-31-42-14-2-6-21-51(42)62(57)64-61)60-35-34-55(53-23-9-10-25-56(53)60)58-38-45-15-3-5-20-50(45)52-22-7-8-24-54(52)58/h1-39H. The molecule has 0 N–H and O–H groups in total. The van der Waals surface area contributed by atoms with Crippen LogP contribution in [0.4, 0.5) is 17.1 Å². The fraction of sp³-hybridized carbons (Fsp3) is 0. The molecule has 1 aromatic heterocycles. The fourth-order valence-electron chi connectivity index (χ4n) is 10.2. The third-order valence-electron chi connectivity index (χ3n) is 13.2. The lowest BCUT2D eigenvalue weighted by Gasteiger charge is -2.28. The number of hydrogen-bond acceptors (Lipinski definition) is 2. The lowest BCUT2D eigenvalue weighted by atomic mass is 9.90. The van der Waals surface area contributed by atoms with Crippen molar-refractivity contribution in [3.05, 3.63) is 237 Å². The van der Waals surface area contributed by atoms with Crippen molar-refractivity contribution < 1.29 is 0 Å². The van der Waals surface area contributed by atoms with Crippen LogP contribution in [0, 0.1) is 0 Å². The number of benzene rings is 12. The Morgan fingerprint density at radius 1 is 0.266 bits per heavy atom. The zero-order valence-electron chi connectivity index (χ0n) is 34.9. The molecule has 2 heteroatoms. The minimum atomic E-state index is 1.11. The molecule has 0 aliphatic rings. The molecule has 0 atom stereocenters. The van der Waals surface area contributed by atoms with Gasteiger partial charge < -0.3 is 4.90 Å². The first-order chi connectivity index (χ1) is 31.7. The molecule has 298 valence electrons. The Labute approximate surface area is 375 Å². The van der Waals surface area contributed by atoms with Gasteiger partial charge in [-0.1, -0.05) is 194 Å². The molecule has 0 saturated heterocycles. The lowest BCUT2D eigenvalue weighted by molar-refractivity contribution is 1.30. The summed E-state index contributed by atoms with van der Waals surface area (Å²) in [6.07, 6.45) is 0. The predicted molar refractivity (Wildman–Crippen MR) is 278 cm³/mol. The van der Waals surface area contributed by atoms with Crippen molar-refractivity contribution >= 4 is 102 Å². The monoisotopic (exact) mass is 829 g/mol. The van der Waals surface area contributed by atoms with Crippen LogP contribution in [0.2, 0.25) is 0 Å². The highest BCUT2D eigenvalue weighted by atomic mass is 32.1. The van der Waals surface area contributed by atoms with Crippen molar-refractivity contribution in [2.75, 3.05) is 4.90 Å². The molecule has 0 radical (unpaired) electrons. The summed E-state index contributed by atoms with van der Waals surface area (Å²) in [6.45, 7) is 0. The molecule has 0 saturated carbocycles. The minimum absolute atomic E-state index is 1.11. The third-order valence-corrected chi connectivity index (χ3v) is 14.4. The average molecular weight is 830 g/mol. The van der Waals surface area contributed by atoms with E-state index in [0.717, 1.165) is 17.1 Å². The second kappa shape index (κ2) is 14.8. The van der Waals surface area contributed by atoms with E-state index in [0.29, 0.717) is 0 Å². The molecule has 0 amide bonds. The highest BCUT2D eigenvalue weighted by molar-refractivity contribution is 7.26. The van der Waals surface area contributed by atoms with Crippen LogP contribution >= 0.6 is 11.3 Å². The molecule has 0 aliphatic heterocycles. The maximum absolute atomic E-state index is 2.47. The van der Waals surface area contributed by atoms with Gasteiger partial charge in [-0.05, 0) is 124 Å². The molecule has 0 unspecified atom stereocenters. The van der Waals surface area contributed by atoms with Crippen molar-refractivity contribution in [2.45, 2.75) is 0 Å². The molecule has 13 rings (SSSR count). The number of anilines is 3. The first-order valence-electron chi connectivity index (χ1n) is 22.0. The highest BCUT2D eigenvalue weighted by Gasteiger charge is 2.21. The van der Waals surface area contributed by atoms with Gasteiger partial charge in [0.25, 0.3) is 0 Å². The second-order valence-electron chi connectivity index (χ2n) is 16.8. The molecule has 13 aromatic rings. The van der Waals surface area contributed by atoms with Crippen molar-refractivity contribution in [3.8, 4) is 33.4 Å². The van der Waals surface area contributed by atoms with E-state index < -0.39 is 0 Å². The van der Waals surface area contributed by atoms with Gasteiger partial charge in [-0.15, -0.1) is 11.3 Å². The Morgan fingerprint density at radius 3 is 1.69 bits per heavy atom. The van der Waals surface area contributed by atoms with Crippen LogP contribution in [0.25, 0.3) is 107 Å². The molecule has 1 nitrogen and oxygen atoms in total. The van der Waals surface area contributed by atoms with Gasteiger partial charge in [0, 0.05) is 36.9 Å². The summed E-state index contributed by atoms with van der Waals surface area (Å²) < 4.78 is 2.63. The molecule has 1 heterocycles. The molecular weight excluding hydrogens is 791 g/mol. The number of thiophene rings is 1. The Kier molecular flexibility index (Phi) is 8.47. The predicted octanol–water partition coefficient (Wildman–Crippen LogP) is 18.3. The van der Waals surface area contributed by atoms with E-state index in [4.69, 9.17) is 0 Å². The average Bonchev–Trinajstić information content (AvgIpc) is 3.75. The Morgan fingerprint density at radius 2 is 0.875 bits per heavy atom. The first-order valence-corrected chi connectivity index (χ1v) is 22.8. The Hall–Kier alpha value is -8.04. The van der Waals surface area contributed by atoms with E-state index in [9.17, 15) is 0 Å². The van der Waals surface area contributed by atoms with Crippen molar-refractivity contribution in [1.82, 2.24) is 0 Å². The quantitative estimate of drug-likeness (QED) is 0.151. The smallest absolute Gasteiger partial charge is 0.0540 e. The topological polar surface area (TPSA) is 3.24 Å². The second-order valence-corrected chi connectivity index (χ2v) is 17.9. The summed E-state index contributed by atoms with van der Waals surface area (Å²) in [6, 6.07) is 87.4. The molecule has 64 heavy (non-hydrogen) atoms. The van der Waals surface area contributed by atoms with Gasteiger partial charge in [0.05, 0.1) is 5.69 Å². The Bertz CT molecular complexity index is 3960. The molecule has 0 bridgehead atoms. The van der Waals surface area contributed by atoms with E-state index >= 15 is 0 Å². The normalized spacial score (nSPS) is 11.8. The number of fused-ring (bicyclic) bond motifs is 10. The van der Waals surface area contributed by atoms with Crippen LogP contribution in [-0.4, -0.2) is 0 Å². The maximum Gasteiger partial charge on any atom is 0.0540 e. The van der Waals surface area contributed by atoms with Gasteiger partial charge in [-0.2, -0.15) is 0 Å². The van der Waals surface area contributed by atoms with E-state index in [1.54, 1.807) is 0 Å². The van der Waals surface area contributed by atoms with Gasteiger partial charge in [0.15, 0.2) is 0 Å². The zero-order chi connectivity index (χ0) is 42.1.